The minimum atomic E-state index is 0.867. The fourth-order valence-corrected chi connectivity index (χ4v) is 2.88. The van der Waals surface area contributed by atoms with E-state index >= 15 is 0 Å². The predicted molar refractivity (Wildman–Crippen MR) is 78.5 cm³/mol. The summed E-state index contributed by atoms with van der Waals surface area (Å²) in [5.41, 5.74) is 2.53. The zero-order valence-electron chi connectivity index (χ0n) is 10.8. The van der Waals surface area contributed by atoms with Gasteiger partial charge in [-0.05, 0) is 49.3 Å². The van der Waals surface area contributed by atoms with E-state index in [2.05, 4.69) is 53.3 Å². The van der Waals surface area contributed by atoms with E-state index in [-0.39, 0.29) is 0 Å². The Labute approximate surface area is 113 Å². The smallest absolute Gasteiger partial charge is 0.0351 e. The van der Waals surface area contributed by atoms with Crippen LogP contribution in [0.2, 0.25) is 0 Å². The predicted octanol–water partition coefficient (Wildman–Crippen LogP) is 5.00. The topological polar surface area (TPSA) is 12.0 Å². The Balaban J connectivity index is 1.83. The first-order valence-corrected chi connectivity index (χ1v) is 7.44. The van der Waals surface area contributed by atoms with Crippen LogP contribution in [0.3, 0.4) is 0 Å². The Morgan fingerprint density at radius 3 is 2.59 bits per heavy atom. The van der Waals surface area contributed by atoms with Gasteiger partial charge in [-0.25, -0.2) is 0 Å². The van der Waals surface area contributed by atoms with E-state index < -0.39 is 0 Å². The number of nitrogens with one attached hydrogen (secondary N) is 1. The van der Waals surface area contributed by atoms with Gasteiger partial charge in [0.05, 0.1) is 0 Å². The summed E-state index contributed by atoms with van der Waals surface area (Å²) in [6, 6.07) is 6.52. The van der Waals surface area contributed by atoms with Crippen LogP contribution in [-0.2, 0) is 0 Å². The molecule has 1 nitrogen and oxygen atoms in total. The largest absolute Gasteiger partial charge is 0.385 e. The van der Waals surface area contributed by atoms with Crippen LogP contribution in [-0.4, -0.2) is 6.54 Å². The molecule has 0 radical (unpaired) electrons. The van der Waals surface area contributed by atoms with Crippen LogP contribution in [0.5, 0.6) is 0 Å². The van der Waals surface area contributed by atoms with Crippen LogP contribution in [0, 0.1) is 18.8 Å². The summed E-state index contributed by atoms with van der Waals surface area (Å²) in [5.74, 6) is 1.81. The van der Waals surface area contributed by atoms with E-state index in [9.17, 15) is 0 Å². The molecule has 0 atom stereocenters. The summed E-state index contributed by atoms with van der Waals surface area (Å²) >= 11 is 3.58. The molecule has 94 valence electrons. The molecule has 0 spiro atoms. The molecule has 1 aromatic carbocycles. The second-order valence-corrected chi connectivity index (χ2v) is 6.33. The van der Waals surface area contributed by atoms with Crippen molar-refractivity contribution < 1.29 is 0 Å². The molecule has 1 saturated carbocycles. The molecule has 1 fully saturated rings. The lowest BCUT2D eigenvalue weighted by Gasteiger charge is -2.26. The van der Waals surface area contributed by atoms with E-state index in [0.29, 0.717) is 0 Å². The Kier molecular flexibility index (Phi) is 4.49. The van der Waals surface area contributed by atoms with E-state index in [4.69, 9.17) is 0 Å². The standard InChI is InChI=1S/C15H22BrN/c1-11-3-6-13(7-4-11)10-17-14-8-5-12(2)15(16)9-14/h5,8-9,11,13,17H,3-4,6-7,10H2,1-2H3. The minimum Gasteiger partial charge on any atom is -0.385 e. The quantitative estimate of drug-likeness (QED) is 0.828. The fraction of sp³-hybridized carbons (Fsp3) is 0.600. The molecule has 1 aliphatic carbocycles. The summed E-state index contributed by atoms with van der Waals surface area (Å²) < 4.78 is 1.19. The van der Waals surface area contributed by atoms with Crippen molar-refractivity contribution in [3.63, 3.8) is 0 Å². The number of benzene rings is 1. The molecular formula is C15H22BrN. The van der Waals surface area contributed by atoms with Crippen molar-refractivity contribution in [1.82, 2.24) is 0 Å². The summed E-state index contributed by atoms with van der Waals surface area (Å²) in [6.45, 7) is 5.62. The van der Waals surface area contributed by atoms with Gasteiger partial charge in [-0.1, -0.05) is 41.8 Å². The average molecular weight is 296 g/mol. The Hall–Kier alpha value is -0.500. The molecular weight excluding hydrogens is 274 g/mol. The van der Waals surface area contributed by atoms with Gasteiger partial charge in [-0.3, -0.25) is 0 Å². The van der Waals surface area contributed by atoms with E-state index in [1.807, 2.05) is 0 Å². The third-order valence-electron chi connectivity index (χ3n) is 3.90. The van der Waals surface area contributed by atoms with Gasteiger partial charge in [-0.2, -0.15) is 0 Å². The number of anilines is 1. The maximum atomic E-state index is 3.58. The molecule has 1 aliphatic rings. The van der Waals surface area contributed by atoms with Crippen LogP contribution in [0.1, 0.15) is 38.2 Å². The highest BCUT2D eigenvalue weighted by molar-refractivity contribution is 9.10. The van der Waals surface area contributed by atoms with Crippen molar-refractivity contribution >= 4 is 21.6 Å². The van der Waals surface area contributed by atoms with Crippen LogP contribution in [0.4, 0.5) is 5.69 Å². The van der Waals surface area contributed by atoms with E-state index in [1.54, 1.807) is 0 Å². The van der Waals surface area contributed by atoms with Gasteiger partial charge in [0.25, 0.3) is 0 Å². The van der Waals surface area contributed by atoms with Crippen LogP contribution in [0.25, 0.3) is 0 Å². The van der Waals surface area contributed by atoms with Gasteiger partial charge in [0.15, 0.2) is 0 Å². The van der Waals surface area contributed by atoms with Crippen molar-refractivity contribution in [1.29, 1.82) is 0 Å². The highest BCUT2D eigenvalue weighted by Crippen LogP contribution is 2.28. The van der Waals surface area contributed by atoms with Gasteiger partial charge in [0.2, 0.25) is 0 Å². The summed E-state index contributed by atoms with van der Waals surface area (Å²) in [6.07, 6.45) is 5.59. The van der Waals surface area contributed by atoms with Crippen molar-refractivity contribution in [3.05, 3.63) is 28.2 Å². The summed E-state index contributed by atoms with van der Waals surface area (Å²) in [7, 11) is 0. The number of hydrogen-bond acceptors (Lipinski definition) is 1. The van der Waals surface area contributed by atoms with Gasteiger partial charge in [-0.15, -0.1) is 0 Å². The SMILES string of the molecule is Cc1ccc(NCC2CCC(C)CC2)cc1Br. The molecule has 0 saturated heterocycles. The third-order valence-corrected chi connectivity index (χ3v) is 4.76. The summed E-state index contributed by atoms with van der Waals surface area (Å²) in [5, 5.41) is 3.57. The molecule has 0 heterocycles. The highest BCUT2D eigenvalue weighted by Gasteiger charge is 2.17. The fourth-order valence-electron chi connectivity index (χ4n) is 2.50. The first-order chi connectivity index (χ1) is 8.15. The first-order valence-electron chi connectivity index (χ1n) is 6.65. The molecule has 17 heavy (non-hydrogen) atoms. The van der Waals surface area contributed by atoms with Gasteiger partial charge in [0.1, 0.15) is 0 Å². The number of hydrogen-bond donors (Lipinski definition) is 1. The third kappa shape index (κ3) is 3.74. The van der Waals surface area contributed by atoms with Gasteiger partial charge >= 0.3 is 0 Å². The number of halogens is 1. The molecule has 2 rings (SSSR count). The second kappa shape index (κ2) is 5.90. The molecule has 1 N–H and O–H groups in total. The van der Waals surface area contributed by atoms with Crippen LogP contribution < -0.4 is 5.32 Å². The lowest BCUT2D eigenvalue weighted by atomic mass is 9.83. The number of rotatable bonds is 3. The molecule has 0 aromatic heterocycles. The summed E-state index contributed by atoms with van der Waals surface area (Å²) in [4.78, 5) is 0. The Morgan fingerprint density at radius 2 is 1.94 bits per heavy atom. The molecule has 1 aromatic rings. The maximum Gasteiger partial charge on any atom is 0.0351 e. The molecule has 0 amide bonds. The van der Waals surface area contributed by atoms with Crippen molar-refractivity contribution in [2.75, 3.05) is 11.9 Å². The lowest BCUT2D eigenvalue weighted by molar-refractivity contribution is 0.300. The van der Waals surface area contributed by atoms with Crippen LogP contribution >= 0.6 is 15.9 Å². The van der Waals surface area contributed by atoms with E-state index in [1.165, 1.54) is 41.4 Å². The van der Waals surface area contributed by atoms with Crippen molar-refractivity contribution in [2.24, 2.45) is 11.8 Å². The minimum absolute atomic E-state index is 0.867. The number of aryl methyl sites for hydroxylation is 1. The maximum absolute atomic E-state index is 3.58. The monoisotopic (exact) mass is 295 g/mol. The van der Waals surface area contributed by atoms with E-state index in [0.717, 1.165) is 18.4 Å². The molecule has 2 heteroatoms. The molecule has 0 bridgehead atoms. The lowest BCUT2D eigenvalue weighted by Crippen LogP contribution is -2.20. The van der Waals surface area contributed by atoms with Crippen molar-refractivity contribution in [2.45, 2.75) is 39.5 Å². The van der Waals surface area contributed by atoms with Gasteiger partial charge < -0.3 is 5.32 Å². The normalized spacial score (nSPS) is 24.6. The van der Waals surface area contributed by atoms with Crippen LogP contribution in [0.15, 0.2) is 22.7 Å². The Bertz CT molecular complexity index is 367. The zero-order valence-corrected chi connectivity index (χ0v) is 12.4. The first kappa shape index (κ1) is 12.9. The Morgan fingerprint density at radius 1 is 1.24 bits per heavy atom. The molecule has 0 unspecified atom stereocenters. The average Bonchev–Trinajstić information content (AvgIpc) is 2.33. The zero-order chi connectivity index (χ0) is 12.3. The van der Waals surface area contributed by atoms with Crippen molar-refractivity contribution in [3.8, 4) is 0 Å². The van der Waals surface area contributed by atoms with Gasteiger partial charge in [0, 0.05) is 16.7 Å². The highest BCUT2D eigenvalue weighted by atomic mass is 79.9. The molecule has 0 aliphatic heterocycles. The second-order valence-electron chi connectivity index (χ2n) is 5.47.